The molecule has 0 amide bonds. The number of hydrogen-bond acceptors (Lipinski definition) is 5. The van der Waals surface area contributed by atoms with E-state index in [0.717, 1.165) is 30.8 Å². The summed E-state index contributed by atoms with van der Waals surface area (Å²) in [4.78, 5) is 4.90. The largest absolute Gasteiger partial charge is 0.504 e. The highest BCUT2D eigenvalue weighted by Crippen LogP contribution is 2.39. The van der Waals surface area contributed by atoms with Crippen LogP contribution in [0, 0.1) is 6.92 Å². The van der Waals surface area contributed by atoms with Crippen LogP contribution in [-0.2, 0) is 6.54 Å². The number of nitrogens with zero attached hydrogens (tertiary/aromatic N) is 1. The first-order chi connectivity index (χ1) is 11.6. The molecule has 3 rings (SSSR count). The second kappa shape index (κ2) is 7.81. The Labute approximate surface area is 152 Å². The molecule has 1 aromatic heterocycles. The molecule has 0 fully saturated rings. The van der Waals surface area contributed by atoms with Crippen LogP contribution in [0.25, 0.3) is 10.4 Å². The van der Waals surface area contributed by atoms with Gasteiger partial charge in [0.1, 0.15) is 6.61 Å². The molecule has 2 aromatic rings. The van der Waals surface area contributed by atoms with Gasteiger partial charge in [0, 0.05) is 33.7 Å². The number of rotatable bonds is 5. The summed E-state index contributed by atoms with van der Waals surface area (Å²) in [6.07, 6.45) is 3.34. The molecule has 0 saturated heterocycles. The van der Waals surface area contributed by atoms with E-state index in [9.17, 15) is 5.11 Å². The number of thiophene rings is 1. The van der Waals surface area contributed by atoms with Crippen molar-refractivity contribution >= 4 is 23.1 Å². The van der Waals surface area contributed by atoms with E-state index in [1.54, 1.807) is 11.3 Å². The van der Waals surface area contributed by atoms with E-state index in [1.807, 2.05) is 17.8 Å². The molecule has 1 unspecified atom stereocenters. The first-order valence-corrected chi connectivity index (χ1v) is 10.5. The second-order valence-electron chi connectivity index (χ2n) is 6.35. The van der Waals surface area contributed by atoms with Crippen LogP contribution in [0.5, 0.6) is 11.5 Å². The van der Waals surface area contributed by atoms with Crippen molar-refractivity contribution < 1.29 is 9.84 Å². The van der Waals surface area contributed by atoms with Crippen LogP contribution in [-0.4, -0.2) is 41.2 Å². The fourth-order valence-corrected chi connectivity index (χ4v) is 4.15. The molecule has 1 aliphatic rings. The highest BCUT2D eigenvalue weighted by atomic mass is 32.2. The predicted octanol–water partition coefficient (Wildman–Crippen LogP) is 4.77. The lowest BCUT2D eigenvalue weighted by Crippen LogP contribution is -2.28. The molecule has 130 valence electrons. The van der Waals surface area contributed by atoms with Crippen LogP contribution < -0.4 is 4.74 Å². The Balaban J connectivity index is 1.83. The molecule has 3 nitrogen and oxygen atoms in total. The first kappa shape index (κ1) is 17.6. The summed E-state index contributed by atoms with van der Waals surface area (Å²) in [5.41, 5.74) is 2.16. The van der Waals surface area contributed by atoms with Gasteiger partial charge in [0.25, 0.3) is 0 Å². The Bertz CT molecular complexity index is 699. The summed E-state index contributed by atoms with van der Waals surface area (Å²) in [6, 6.07) is 8.25. The number of phenols is 1. The summed E-state index contributed by atoms with van der Waals surface area (Å²) in [5.74, 6) is 0.917. The fraction of sp³-hybridized carbons (Fsp3) is 0.474. The third kappa shape index (κ3) is 4.08. The maximum absolute atomic E-state index is 10.4. The molecule has 1 aliphatic heterocycles. The Kier molecular flexibility index (Phi) is 5.74. The number of thioether (sulfide) groups is 1. The number of aromatic hydroxyl groups is 1. The molecule has 0 spiro atoms. The second-order valence-corrected chi connectivity index (χ2v) is 8.92. The molecule has 2 heterocycles. The van der Waals surface area contributed by atoms with Gasteiger partial charge in [-0.15, -0.1) is 11.3 Å². The van der Waals surface area contributed by atoms with Crippen LogP contribution in [0.15, 0.2) is 24.3 Å². The van der Waals surface area contributed by atoms with Gasteiger partial charge in [0.15, 0.2) is 11.5 Å². The number of aryl methyl sites for hydroxylation is 1. The van der Waals surface area contributed by atoms with Crippen LogP contribution in [0.4, 0.5) is 0 Å². The third-order valence-electron chi connectivity index (χ3n) is 4.47. The molecule has 0 aliphatic carbocycles. The van der Waals surface area contributed by atoms with Gasteiger partial charge in [-0.2, -0.15) is 11.8 Å². The predicted molar refractivity (Wildman–Crippen MR) is 105 cm³/mol. The Morgan fingerprint density at radius 1 is 1.38 bits per heavy atom. The minimum Gasteiger partial charge on any atom is -0.504 e. The fourth-order valence-electron chi connectivity index (χ4n) is 2.96. The maximum atomic E-state index is 10.4. The van der Waals surface area contributed by atoms with Gasteiger partial charge in [0.05, 0.1) is 0 Å². The zero-order valence-corrected chi connectivity index (χ0v) is 16.2. The van der Waals surface area contributed by atoms with Crippen molar-refractivity contribution in [2.75, 3.05) is 26.0 Å². The van der Waals surface area contributed by atoms with E-state index in [4.69, 9.17) is 4.74 Å². The van der Waals surface area contributed by atoms with E-state index < -0.39 is 0 Å². The topological polar surface area (TPSA) is 32.7 Å². The standard InChI is InChI=1S/C19H25NO2S2/c1-13(23-3)6-7-20-8-9-22-19-16(12-20)10-15(11-17(19)21)18-5-4-14(2)24-18/h4-5,10-11,13,21H,6-9,12H2,1-3H3. The van der Waals surface area contributed by atoms with E-state index >= 15 is 0 Å². The number of phenolic OH excluding ortho intramolecular Hbond substituents is 1. The molecule has 1 atom stereocenters. The van der Waals surface area contributed by atoms with Crippen molar-refractivity contribution in [2.24, 2.45) is 0 Å². The summed E-state index contributed by atoms with van der Waals surface area (Å²) in [7, 11) is 0. The number of benzene rings is 1. The van der Waals surface area contributed by atoms with E-state index in [2.05, 4.69) is 43.2 Å². The average Bonchev–Trinajstić information content (AvgIpc) is 2.89. The summed E-state index contributed by atoms with van der Waals surface area (Å²) < 4.78 is 5.85. The lowest BCUT2D eigenvalue weighted by atomic mass is 10.1. The smallest absolute Gasteiger partial charge is 0.165 e. The minimum absolute atomic E-state index is 0.257. The Hall–Kier alpha value is -1.17. The highest BCUT2D eigenvalue weighted by molar-refractivity contribution is 7.99. The van der Waals surface area contributed by atoms with Gasteiger partial charge in [-0.3, -0.25) is 4.90 Å². The Morgan fingerprint density at radius 3 is 2.92 bits per heavy atom. The first-order valence-electron chi connectivity index (χ1n) is 8.37. The lowest BCUT2D eigenvalue weighted by Gasteiger charge is -2.21. The molecule has 5 heteroatoms. The van der Waals surface area contributed by atoms with Gasteiger partial charge >= 0.3 is 0 Å². The number of hydrogen-bond donors (Lipinski definition) is 1. The van der Waals surface area contributed by atoms with E-state index in [1.165, 1.54) is 16.2 Å². The van der Waals surface area contributed by atoms with Crippen molar-refractivity contribution in [3.8, 4) is 21.9 Å². The van der Waals surface area contributed by atoms with Gasteiger partial charge < -0.3 is 9.84 Å². The molecule has 1 N–H and O–H groups in total. The van der Waals surface area contributed by atoms with Crippen LogP contribution in [0.1, 0.15) is 23.8 Å². The zero-order valence-electron chi connectivity index (χ0n) is 14.5. The maximum Gasteiger partial charge on any atom is 0.165 e. The molecule has 0 radical (unpaired) electrons. The number of fused-ring (bicyclic) bond motifs is 1. The third-order valence-corrected chi connectivity index (χ3v) is 6.56. The average molecular weight is 364 g/mol. The number of ether oxygens (including phenoxy) is 1. The zero-order chi connectivity index (χ0) is 17.1. The monoisotopic (exact) mass is 363 g/mol. The lowest BCUT2D eigenvalue weighted by molar-refractivity contribution is 0.221. The molecule has 1 aromatic carbocycles. The van der Waals surface area contributed by atoms with Crippen LogP contribution in [0.2, 0.25) is 0 Å². The molecule has 0 saturated carbocycles. The van der Waals surface area contributed by atoms with E-state index in [-0.39, 0.29) is 5.75 Å². The minimum atomic E-state index is 0.257. The normalized spacial score (nSPS) is 16.3. The summed E-state index contributed by atoms with van der Waals surface area (Å²) in [6.45, 7) is 7.82. The van der Waals surface area contributed by atoms with Crippen molar-refractivity contribution in [3.63, 3.8) is 0 Å². The molecule has 24 heavy (non-hydrogen) atoms. The SMILES string of the molecule is CSC(C)CCN1CCOc2c(O)cc(-c3ccc(C)s3)cc2C1. The summed E-state index contributed by atoms with van der Waals surface area (Å²) >= 11 is 3.67. The van der Waals surface area contributed by atoms with Crippen molar-refractivity contribution in [2.45, 2.75) is 32.1 Å². The van der Waals surface area contributed by atoms with Crippen molar-refractivity contribution in [1.29, 1.82) is 0 Å². The quantitative estimate of drug-likeness (QED) is 0.830. The van der Waals surface area contributed by atoms with Gasteiger partial charge in [-0.25, -0.2) is 0 Å². The van der Waals surface area contributed by atoms with Gasteiger partial charge in [-0.05, 0) is 56.0 Å². The Morgan fingerprint density at radius 2 is 2.21 bits per heavy atom. The van der Waals surface area contributed by atoms with Gasteiger partial charge in [-0.1, -0.05) is 6.92 Å². The van der Waals surface area contributed by atoms with E-state index in [0.29, 0.717) is 17.6 Å². The molecular formula is C19H25NO2S2. The van der Waals surface area contributed by atoms with Crippen molar-refractivity contribution in [3.05, 3.63) is 34.7 Å². The summed E-state index contributed by atoms with van der Waals surface area (Å²) in [5, 5.41) is 11.1. The van der Waals surface area contributed by atoms with Crippen molar-refractivity contribution in [1.82, 2.24) is 4.90 Å². The molecule has 0 bridgehead atoms. The van der Waals surface area contributed by atoms with Crippen LogP contribution in [0.3, 0.4) is 0 Å². The highest BCUT2D eigenvalue weighted by Gasteiger charge is 2.20. The molecular weight excluding hydrogens is 338 g/mol. The van der Waals surface area contributed by atoms with Gasteiger partial charge in [0.2, 0.25) is 0 Å². The van der Waals surface area contributed by atoms with Crippen LogP contribution >= 0.6 is 23.1 Å².